The number of nitrogens with one attached hydrogen (secondary N) is 1. The van der Waals surface area contributed by atoms with Crippen LogP contribution in [0.5, 0.6) is 0 Å². The van der Waals surface area contributed by atoms with Crippen molar-refractivity contribution in [3.63, 3.8) is 0 Å². The average molecular weight is 418 g/mol. The largest absolute Gasteiger partial charge is 0.343 e. The number of nitrogens with zero attached hydrogens (tertiary/aromatic N) is 3. The molecule has 1 aliphatic rings. The lowest BCUT2D eigenvalue weighted by atomic mass is 10.2. The van der Waals surface area contributed by atoms with Gasteiger partial charge in [-0.05, 0) is 12.1 Å². The summed E-state index contributed by atoms with van der Waals surface area (Å²) in [6.45, 7) is 4.59. The van der Waals surface area contributed by atoms with Gasteiger partial charge in [-0.2, -0.15) is 17.0 Å². The molecule has 1 heterocycles. The molecule has 11 heteroatoms. The van der Waals surface area contributed by atoms with E-state index < -0.39 is 33.7 Å². The minimum Gasteiger partial charge on any atom is -0.343 e. The molecular formula is C17H24F2N4O4S. The van der Waals surface area contributed by atoms with E-state index in [1.165, 1.54) is 13.5 Å². The van der Waals surface area contributed by atoms with E-state index in [0.29, 0.717) is 19.2 Å². The highest BCUT2D eigenvalue weighted by Crippen LogP contribution is 2.12. The quantitative estimate of drug-likeness (QED) is 0.695. The molecule has 8 nitrogen and oxygen atoms in total. The standard InChI is InChI=1S/C17H24F2N4O4S/c1-3-22(4-2)28(26,27)23-9-7-21(8-10-23)16(24)12-20-17(25)14-6-5-13(18)11-15(14)19/h5-6,11H,3-4,7-10,12H2,1-2H3,(H,20,25). The van der Waals surface area contributed by atoms with Crippen molar-refractivity contribution in [1.82, 2.24) is 18.8 Å². The van der Waals surface area contributed by atoms with Gasteiger partial charge in [0.05, 0.1) is 12.1 Å². The summed E-state index contributed by atoms with van der Waals surface area (Å²) in [6.07, 6.45) is 0. The molecule has 28 heavy (non-hydrogen) atoms. The van der Waals surface area contributed by atoms with Gasteiger partial charge in [0.2, 0.25) is 5.91 Å². The van der Waals surface area contributed by atoms with Gasteiger partial charge < -0.3 is 10.2 Å². The second-order valence-electron chi connectivity index (χ2n) is 6.18. The Labute approximate surface area is 163 Å². The number of hydrogen-bond donors (Lipinski definition) is 1. The van der Waals surface area contributed by atoms with Crippen LogP contribution in [0.3, 0.4) is 0 Å². The Bertz CT molecular complexity index is 822. The van der Waals surface area contributed by atoms with Gasteiger partial charge in [0.25, 0.3) is 16.1 Å². The third-order valence-corrected chi connectivity index (χ3v) is 6.71. The molecule has 0 atom stereocenters. The third-order valence-electron chi connectivity index (χ3n) is 4.53. The van der Waals surface area contributed by atoms with Gasteiger partial charge in [-0.1, -0.05) is 13.8 Å². The number of hydrogen-bond acceptors (Lipinski definition) is 4. The van der Waals surface area contributed by atoms with E-state index in [4.69, 9.17) is 0 Å². The maximum atomic E-state index is 13.6. The first-order chi connectivity index (χ1) is 13.2. The zero-order chi connectivity index (χ0) is 20.9. The first kappa shape index (κ1) is 22.2. The van der Waals surface area contributed by atoms with Gasteiger partial charge in [0.1, 0.15) is 11.6 Å². The van der Waals surface area contributed by atoms with E-state index >= 15 is 0 Å². The second kappa shape index (κ2) is 9.39. The molecule has 1 fully saturated rings. The van der Waals surface area contributed by atoms with Crippen molar-refractivity contribution < 1.29 is 26.8 Å². The maximum absolute atomic E-state index is 13.6. The van der Waals surface area contributed by atoms with Crippen molar-refractivity contribution in [3.8, 4) is 0 Å². The molecule has 0 saturated carbocycles. The third kappa shape index (κ3) is 5.03. The molecule has 1 aliphatic heterocycles. The van der Waals surface area contributed by atoms with Crippen LogP contribution in [0, 0.1) is 11.6 Å². The second-order valence-corrected chi connectivity index (χ2v) is 8.11. The van der Waals surface area contributed by atoms with Crippen LogP contribution < -0.4 is 5.32 Å². The van der Waals surface area contributed by atoms with Crippen molar-refractivity contribution in [2.24, 2.45) is 0 Å². The summed E-state index contributed by atoms with van der Waals surface area (Å²) in [5.41, 5.74) is -0.357. The van der Waals surface area contributed by atoms with Gasteiger partial charge >= 0.3 is 0 Å². The molecule has 0 unspecified atom stereocenters. The van der Waals surface area contributed by atoms with Crippen molar-refractivity contribution in [1.29, 1.82) is 0 Å². The Morgan fingerprint density at radius 2 is 1.71 bits per heavy atom. The fraction of sp³-hybridized carbons (Fsp3) is 0.529. The minimum atomic E-state index is -3.56. The summed E-state index contributed by atoms with van der Waals surface area (Å²) >= 11 is 0. The van der Waals surface area contributed by atoms with Crippen LogP contribution in [0.1, 0.15) is 24.2 Å². The zero-order valence-electron chi connectivity index (χ0n) is 15.8. The number of carbonyl (C=O) groups excluding carboxylic acids is 2. The number of amides is 2. The fourth-order valence-electron chi connectivity index (χ4n) is 2.92. The van der Waals surface area contributed by atoms with Crippen molar-refractivity contribution in [2.75, 3.05) is 45.8 Å². The summed E-state index contributed by atoms with van der Waals surface area (Å²) in [5, 5.41) is 2.30. The van der Waals surface area contributed by atoms with Crippen LogP contribution in [0.4, 0.5) is 8.78 Å². The first-order valence-corrected chi connectivity index (χ1v) is 10.4. The molecule has 1 N–H and O–H groups in total. The van der Waals surface area contributed by atoms with Gasteiger partial charge in [0.15, 0.2) is 0 Å². The number of carbonyl (C=O) groups is 2. The number of rotatable bonds is 7. The first-order valence-electron chi connectivity index (χ1n) is 8.97. The van der Waals surface area contributed by atoms with Crippen LogP contribution in [0.15, 0.2) is 18.2 Å². The van der Waals surface area contributed by atoms with Crippen molar-refractivity contribution in [2.45, 2.75) is 13.8 Å². The molecule has 0 aromatic heterocycles. The Hall–Kier alpha value is -2.11. The highest BCUT2D eigenvalue weighted by Gasteiger charge is 2.32. The lowest BCUT2D eigenvalue weighted by molar-refractivity contribution is -0.131. The molecule has 2 amide bonds. The molecule has 1 aromatic rings. The highest BCUT2D eigenvalue weighted by atomic mass is 32.2. The van der Waals surface area contributed by atoms with Gasteiger partial charge in [0, 0.05) is 45.3 Å². The minimum absolute atomic E-state index is 0.158. The van der Waals surface area contributed by atoms with E-state index in [-0.39, 0.29) is 38.3 Å². The van der Waals surface area contributed by atoms with E-state index in [1.54, 1.807) is 13.8 Å². The van der Waals surface area contributed by atoms with Crippen LogP contribution in [0.25, 0.3) is 0 Å². The fourth-order valence-corrected chi connectivity index (χ4v) is 4.52. The van der Waals surface area contributed by atoms with Gasteiger partial charge in [-0.3, -0.25) is 9.59 Å². The van der Waals surface area contributed by atoms with Crippen LogP contribution in [-0.2, 0) is 15.0 Å². The van der Waals surface area contributed by atoms with E-state index in [2.05, 4.69) is 5.32 Å². The summed E-state index contributed by atoms with van der Waals surface area (Å²) in [4.78, 5) is 25.6. The normalized spacial score (nSPS) is 15.7. The summed E-state index contributed by atoms with van der Waals surface area (Å²) in [7, 11) is -3.56. The lowest BCUT2D eigenvalue weighted by Crippen LogP contribution is -2.55. The number of piperazine rings is 1. The van der Waals surface area contributed by atoms with Gasteiger partial charge in [-0.25, -0.2) is 8.78 Å². The molecule has 156 valence electrons. The molecular weight excluding hydrogens is 394 g/mol. The van der Waals surface area contributed by atoms with Gasteiger partial charge in [-0.15, -0.1) is 0 Å². The number of benzene rings is 1. The van der Waals surface area contributed by atoms with Crippen LogP contribution in [-0.4, -0.2) is 79.6 Å². The predicted octanol–water partition coefficient (Wildman–Crippen LogP) is 0.425. The molecule has 0 spiro atoms. The summed E-state index contributed by atoms with van der Waals surface area (Å²) in [6, 6.07) is 2.54. The molecule has 0 aliphatic carbocycles. The van der Waals surface area contributed by atoms with Crippen LogP contribution >= 0.6 is 0 Å². The smallest absolute Gasteiger partial charge is 0.282 e. The SMILES string of the molecule is CCN(CC)S(=O)(=O)N1CCN(C(=O)CNC(=O)c2ccc(F)cc2F)CC1. The Kier molecular flexibility index (Phi) is 7.44. The molecule has 0 radical (unpaired) electrons. The molecule has 1 saturated heterocycles. The Morgan fingerprint density at radius 3 is 2.25 bits per heavy atom. The molecule has 2 rings (SSSR count). The van der Waals surface area contributed by atoms with E-state index in [9.17, 15) is 26.8 Å². The highest BCUT2D eigenvalue weighted by molar-refractivity contribution is 7.86. The predicted molar refractivity (Wildman–Crippen MR) is 98.7 cm³/mol. The van der Waals surface area contributed by atoms with E-state index in [1.807, 2.05) is 0 Å². The Morgan fingerprint density at radius 1 is 1.11 bits per heavy atom. The van der Waals surface area contributed by atoms with E-state index in [0.717, 1.165) is 12.1 Å². The summed E-state index contributed by atoms with van der Waals surface area (Å²) < 4.78 is 54.1. The topological polar surface area (TPSA) is 90.0 Å². The van der Waals surface area contributed by atoms with Crippen molar-refractivity contribution in [3.05, 3.63) is 35.4 Å². The number of halogens is 2. The van der Waals surface area contributed by atoms with Crippen molar-refractivity contribution >= 4 is 22.0 Å². The summed E-state index contributed by atoms with van der Waals surface area (Å²) in [5.74, 6) is -3.05. The molecule has 1 aromatic carbocycles. The van der Waals surface area contributed by atoms with Crippen LogP contribution in [0.2, 0.25) is 0 Å². The molecule has 0 bridgehead atoms. The average Bonchev–Trinajstić information content (AvgIpc) is 2.66. The maximum Gasteiger partial charge on any atom is 0.282 e. The lowest BCUT2D eigenvalue weighted by Gasteiger charge is -2.36. The zero-order valence-corrected chi connectivity index (χ0v) is 16.6. The monoisotopic (exact) mass is 418 g/mol. The Balaban J connectivity index is 1.87.